The maximum Gasteiger partial charge on any atom is 0.157 e. The van der Waals surface area contributed by atoms with Crippen LogP contribution >= 0.6 is 0 Å². The fourth-order valence-electron chi connectivity index (χ4n) is 5.97. The smallest absolute Gasteiger partial charge is 0.157 e. The molecule has 0 aromatic heterocycles. The summed E-state index contributed by atoms with van der Waals surface area (Å²) in [6.45, 7) is 7.35. The summed E-state index contributed by atoms with van der Waals surface area (Å²) in [6.07, 6.45) is 43.7. The van der Waals surface area contributed by atoms with Gasteiger partial charge in [-0.15, -0.1) is 0 Å². The molecule has 0 saturated heterocycles. The maximum atomic E-state index is 6.28. The Balaban J connectivity index is 3.89. The van der Waals surface area contributed by atoms with Crippen LogP contribution in [-0.2, 0) is 13.9 Å². The zero-order valence-electron chi connectivity index (χ0n) is 29.6. The van der Waals surface area contributed by atoms with Gasteiger partial charge in [-0.1, -0.05) is 187 Å². The SMILES string of the molecule is CCCCCCCCCCCCOC(CCCCCCCCCCCCCO[SiH3])OCCCCCCCCCCCC. The van der Waals surface area contributed by atoms with Gasteiger partial charge in [0.2, 0.25) is 0 Å². The largest absolute Gasteiger partial charge is 0.428 e. The Morgan fingerprint density at radius 3 is 0.905 bits per heavy atom. The minimum Gasteiger partial charge on any atom is -0.428 e. The molecule has 3 nitrogen and oxygen atoms in total. The Hall–Kier alpha value is 0.0969. The molecule has 0 rings (SSSR count). The number of hydrogen-bond donors (Lipinski definition) is 0. The van der Waals surface area contributed by atoms with Crippen LogP contribution in [0.25, 0.3) is 0 Å². The van der Waals surface area contributed by atoms with Crippen molar-refractivity contribution in [2.24, 2.45) is 0 Å². The third-order valence-electron chi connectivity index (χ3n) is 8.89. The molecule has 0 heterocycles. The minimum atomic E-state index is 0.0302. The first-order chi connectivity index (χ1) is 20.8. The highest BCUT2D eigenvalue weighted by atomic mass is 28.2. The first-order valence-electron chi connectivity index (χ1n) is 19.6. The predicted molar refractivity (Wildman–Crippen MR) is 191 cm³/mol. The van der Waals surface area contributed by atoms with Gasteiger partial charge in [-0.25, -0.2) is 0 Å². The molecule has 0 atom stereocenters. The van der Waals surface area contributed by atoms with E-state index < -0.39 is 0 Å². The predicted octanol–water partition coefficient (Wildman–Crippen LogP) is 12.2. The second-order valence-electron chi connectivity index (χ2n) is 13.2. The van der Waals surface area contributed by atoms with Crippen LogP contribution in [0.3, 0.4) is 0 Å². The van der Waals surface area contributed by atoms with Crippen molar-refractivity contribution >= 4 is 10.5 Å². The Morgan fingerprint density at radius 2 is 0.595 bits per heavy atom. The Bertz CT molecular complexity index is 436. The summed E-state index contributed by atoms with van der Waals surface area (Å²) in [7, 11) is 0.895. The van der Waals surface area contributed by atoms with Crippen LogP contribution in [-0.4, -0.2) is 36.6 Å². The van der Waals surface area contributed by atoms with Crippen LogP contribution in [0.4, 0.5) is 0 Å². The van der Waals surface area contributed by atoms with E-state index in [4.69, 9.17) is 13.9 Å². The summed E-state index contributed by atoms with van der Waals surface area (Å²) in [5.74, 6) is 0. The van der Waals surface area contributed by atoms with E-state index in [0.717, 1.165) is 36.7 Å². The van der Waals surface area contributed by atoms with E-state index in [9.17, 15) is 0 Å². The highest BCUT2D eigenvalue weighted by Gasteiger charge is 2.09. The van der Waals surface area contributed by atoms with E-state index >= 15 is 0 Å². The summed E-state index contributed by atoms with van der Waals surface area (Å²) >= 11 is 0. The van der Waals surface area contributed by atoms with Crippen molar-refractivity contribution in [3.63, 3.8) is 0 Å². The van der Waals surface area contributed by atoms with Gasteiger partial charge in [0.15, 0.2) is 6.29 Å². The monoisotopic (exact) mass is 613 g/mol. The van der Waals surface area contributed by atoms with Crippen molar-refractivity contribution in [3.8, 4) is 0 Å². The van der Waals surface area contributed by atoms with Gasteiger partial charge in [0.1, 0.15) is 10.5 Å². The van der Waals surface area contributed by atoms with Crippen LogP contribution in [0, 0.1) is 0 Å². The quantitative estimate of drug-likeness (QED) is 0.0394. The lowest BCUT2D eigenvalue weighted by Crippen LogP contribution is -2.19. The van der Waals surface area contributed by atoms with Crippen molar-refractivity contribution in [1.29, 1.82) is 0 Å². The Labute approximate surface area is 269 Å². The number of ether oxygens (including phenoxy) is 2. The molecule has 254 valence electrons. The normalized spacial score (nSPS) is 11.8. The third kappa shape index (κ3) is 36.3. The van der Waals surface area contributed by atoms with Crippen LogP contribution in [0.15, 0.2) is 0 Å². The maximum absolute atomic E-state index is 6.28. The number of unbranched alkanes of at least 4 members (excludes halogenated alkanes) is 28. The molecule has 0 saturated carbocycles. The van der Waals surface area contributed by atoms with Crippen LogP contribution < -0.4 is 0 Å². The van der Waals surface area contributed by atoms with E-state index in [1.54, 1.807) is 0 Å². The van der Waals surface area contributed by atoms with Crippen molar-refractivity contribution in [3.05, 3.63) is 0 Å². The highest BCUT2D eigenvalue weighted by Crippen LogP contribution is 2.16. The topological polar surface area (TPSA) is 27.7 Å². The summed E-state index contributed by atoms with van der Waals surface area (Å²) in [5.41, 5.74) is 0. The first-order valence-corrected chi connectivity index (χ1v) is 20.4. The van der Waals surface area contributed by atoms with E-state index in [-0.39, 0.29) is 6.29 Å². The summed E-state index contributed by atoms with van der Waals surface area (Å²) in [6, 6.07) is 0. The Morgan fingerprint density at radius 1 is 0.333 bits per heavy atom. The minimum absolute atomic E-state index is 0.0302. The van der Waals surface area contributed by atoms with Gasteiger partial charge in [-0.2, -0.15) is 0 Å². The molecule has 0 radical (unpaired) electrons. The van der Waals surface area contributed by atoms with Crippen molar-refractivity contribution in [2.45, 2.75) is 226 Å². The molecular weight excluding hydrogens is 533 g/mol. The van der Waals surface area contributed by atoms with Gasteiger partial charge in [-0.05, 0) is 32.1 Å². The molecule has 0 N–H and O–H groups in total. The number of rotatable bonds is 38. The van der Waals surface area contributed by atoms with Crippen molar-refractivity contribution < 1.29 is 13.9 Å². The van der Waals surface area contributed by atoms with Crippen LogP contribution in [0.2, 0.25) is 0 Å². The molecule has 0 aromatic carbocycles. The van der Waals surface area contributed by atoms with Crippen molar-refractivity contribution in [1.82, 2.24) is 0 Å². The Kier molecular flexibility index (Phi) is 39.2. The third-order valence-corrected chi connectivity index (χ3v) is 9.30. The highest BCUT2D eigenvalue weighted by molar-refractivity contribution is 5.97. The molecule has 0 aliphatic rings. The van der Waals surface area contributed by atoms with Crippen LogP contribution in [0.5, 0.6) is 0 Å². The fraction of sp³-hybridized carbons (Fsp3) is 1.00. The molecule has 0 aliphatic carbocycles. The molecule has 0 bridgehead atoms. The summed E-state index contributed by atoms with van der Waals surface area (Å²) < 4.78 is 17.8. The van der Waals surface area contributed by atoms with Gasteiger partial charge in [0.05, 0.1) is 0 Å². The standard InChI is InChI=1S/C38H80O3Si/c1-3-5-7-9-11-13-19-23-27-31-35-39-38(40-36-32-28-24-20-14-12-10-8-6-4-2)34-30-26-22-18-16-15-17-21-25-29-33-37-41-42/h38H,3-37H2,1-2,42H3. The lowest BCUT2D eigenvalue weighted by Gasteiger charge is -2.19. The zero-order valence-corrected chi connectivity index (χ0v) is 31.6. The second-order valence-corrected chi connectivity index (χ2v) is 13.8. The van der Waals surface area contributed by atoms with E-state index in [2.05, 4.69) is 13.8 Å². The first kappa shape index (κ1) is 42.1. The zero-order chi connectivity index (χ0) is 30.4. The molecule has 0 spiro atoms. The van der Waals surface area contributed by atoms with Gasteiger partial charge in [0, 0.05) is 19.8 Å². The van der Waals surface area contributed by atoms with Gasteiger partial charge >= 0.3 is 0 Å². The number of hydrogen-bond acceptors (Lipinski definition) is 3. The fourth-order valence-corrected chi connectivity index (χ4v) is 6.26. The second kappa shape index (κ2) is 39.1. The molecule has 0 aliphatic heterocycles. The van der Waals surface area contributed by atoms with E-state index in [1.165, 1.54) is 199 Å². The molecule has 0 unspecified atom stereocenters. The average molecular weight is 613 g/mol. The lowest BCUT2D eigenvalue weighted by molar-refractivity contribution is -0.148. The van der Waals surface area contributed by atoms with Crippen LogP contribution in [0.1, 0.15) is 219 Å². The molecule has 4 heteroatoms. The summed E-state index contributed by atoms with van der Waals surface area (Å²) in [4.78, 5) is 0. The van der Waals surface area contributed by atoms with Crippen molar-refractivity contribution in [2.75, 3.05) is 19.8 Å². The van der Waals surface area contributed by atoms with E-state index in [1.807, 2.05) is 0 Å². The lowest BCUT2D eigenvalue weighted by atomic mass is 10.1. The molecule has 0 fully saturated rings. The average Bonchev–Trinajstić information content (AvgIpc) is 3.00. The van der Waals surface area contributed by atoms with E-state index in [0.29, 0.717) is 0 Å². The van der Waals surface area contributed by atoms with Gasteiger partial charge < -0.3 is 13.9 Å². The van der Waals surface area contributed by atoms with Gasteiger partial charge in [-0.3, -0.25) is 0 Å². The summed E-state index contributed by atoms with van der Waals surface area (Å²) in [5, 5.41) is 0. The molecular formula is C38H80O3Si. The molecule has 42 heavy (non-hydrogen) atoms. The van der Waals surface area contributed by atoms with Gasteiger partial charge in [0.25, 0.3) is 0 Å². The molecule has 0 amide bonds. The molecule has 0 aromatic rings.